The number of carbonyl (C=O) groups excluding carboxylic acids is 1. The maximum absolute atomic E-state index is 13.5. The number of aryl methyl sites for hydroxylation is 2. The molecule has 2 N–H and O–H groups in total. The van der Waals surface area contributed by atoms with Crippen molar-refractivity contribution in [3.63, 3.8) is 0 Å². The molecule has 0 aliphatic carbocycles. The molecule has 1 aromatic heterocycles. The number of halogens is 1. The average Bonchev–Trinajstić information content (AvgIpc) is 2.85. The minimum Gasteiger partial charge on any atom is -0.351 e. The van der Waals surface area contributed by atoms with Gasteiger partial charge in [0, 0.05) is 17.0 Å². The average molecular weight is 335 g/mol. The molecule has 124 valence electrons. The molecular weight excluding hydrogens is 313 g/mol. The van der Waals surface area contributed by atoms with E-state index in [-0.39, 0.29) is 30.4 Å². The molecule has 23 heavy (non-hydrogen) atoms. The van der Waals surface area contributed by atoms with E-state index < -0.39 is 0 Å². The Morgan fingerprint density at radius 3 is 2.61 bits per heavy atom. The molecule has 6 heteroatoms. The second-order valence-corrected chi connectivity index (χ2v) is 7.21. The van der Waals surface area contributed by atoms with Gasteiger partial charge >= 0.3 is 0 Å². The van der Waals surface area contributed by atoms with Gasteiger partial charge in [-0.05, 0) is 33.8 Å². The number of hydrogen-bond acceptors (Lipinski definition) is 4. The molecule has 0 saturated carbocycles. The summed E-state index contributed by atoms with van der Waals surface area (Å²) in [6.07, 6.45) is 0. The van der Waals surface area contributed by atoms with Gasteiger partial charge in [0.2, 0.25) is 5.91 Å². The van der Waals surface area contributed by atoms with Crippen LogP contribution in [0.4, 0.5) is 4.39 Å². The summed E-state index contributed by atoms with van der Waals surface area (Å²) in [6, 6.07) is 6.42. The van der Waals surface area contributed by atoms with Gasteiger partial charge in [-0.1, -0.05) is 18.2 Å². The Hall–Kier alpha value is -1.79. The van der Waals surface area contributed by atoms with Gasteiger partial charge in [-0.3, -0.25) is 10.1 Å². The zero-order valence-corrected chi connectivity index (χ0v) is 14.7. The van der Waals surface area contributed by atoms with Crippen molar-refractivity contribution in [1.82, 2.24) is 15.6 Å². The zero-order chi connectivity index (χ0) is 17.0. The zero-order valence-electron chi connectivity index (χ0n) is 13.9. The second-order valence-electron chi connectivity index (χ2n) is 6.01. The van der Waals surface area contributed by atoms with Crippen molar-refractivity contribution in [2.75, 3.05) is 6.54 Å². The molecular formula is C17H22FN3OS. The highest BCUT2D eigenvalue weighted by molar-refractivity contribution is 7.11. The Bertz CT molecular complexity index is 677. The lowest BCUT2D eigenvalue weighted by Gasteiger charge is -2.23. The van der Waals surface area contributed by atoms with E-state index in [2.05, 4.69) is 15.6 Å². The molecule has 0 aliphatic heterocycles. The van der Waals surface area contributed by atoms with Crippen molar-refractivity contribution >= 4 is 17.2 Å². The van der Waals surface area contributed by atoms with Gasteiger partial charge in [0.15, 0.2) is 0 Å². The highest BCUT2D eigenvalue weighted by Gasteiger charge is 2.25. The molecule has 0 aliphatic rings. The number of hydrogen-bond donors (Lipinski definition) is 2. The molecule has 0 unspecified atom stereocenters. The number of benzene rings is 1. The van der Waals surface area contributed by atoms with E-state index in [1.165, 1.54) is 10.9 Å². The maximum atomic E-state index is 13.5. The normalized spacial score (nSPS) is 11.5. The summed E-state index contributed by atoms with van der Waals surface area (Å²) in [5.74, 6) is -0.485. The van der Waals surface area contributed by atoms with Crippen LogP contribution < -0.4 is 10.6 Å². The van der Waals surface area contributed by atoms with Crippen LogP contribution in [0.25, 0.3) is 0 Å². The fraction of sp³-hybridized carbons (Fsp3) is 0.412. The molecule has 4 nitrogen and oxygen atoms in total. The lowest BCUT2D eigenvalue weighted by Crippen LogP contribution is -2.43. The molecule has 0 fully saturated rings. The van der Waals surface area contributed by atoms with Crippen LogP contribution in [-0.2, 0) is 16.9 Å². The van der Waals surface area contributed by atoms with Gasteiger partial charge in [0.05, 0.1) is 17.8 Å². The third-order valence-corrected chi connectivity index (χ3v) is 5.08. The Morgan fingerprint density at radius 2 is 2.00 bits per heavy atom. The van der Waals surface area contributed by atoms with Crippen LogP contribution in [-0.4, -0.2) is 17.4 Å². The van der Waals surface area contributed by atoms with E-state index >= 15 is 0 Å². The minimum absolute atomic E-state index is 0.152. The van der Waals surface area contributed by atoms with Gasteiger partial charge in [-0.25, -0.2) is 9.37 Å². The van der Waals surface area contributed by atoms with Crippen molar-refractivity contribution in [2.45, 2.75) is 39.8 Å². The van der Waals surface area contributed by atoms with Crippen LogP contribution in [0, 0.1) is 19.7 Å². The van der Waals surface area contributed by atoms with E-state index in [4.69, 9.17) is 0 Å². The summed E-state index contributed by atoms with van der Waals surface area (Å²) in [4.78, 5) is 17.7. The molecule has 2 aromatic rings. The molecule has 0 bridgehead atoms. The molecule has 0 saturated heterocycles. The molecule has 1 aromatic carbocycles. The third kappa shape index (κ3) is 4.59. The van der Waals surface area contributed by atoms with Crippen LogP contribution in [0.5, 0.6) is 0 Å². The number of nitrogens with one attached hydrogen (secondary N) is 2. The standard InChI is InChI=1S/C17H22FN3OS/c1-11-12(2)23-16(21-11)17(3,4)20-10-15(22)19-9-13-7-5-6-8-14(13)18/h5-8,20H,9-10H2,1-4H3,(H,19,22). The van der Waals surface area contributed by atoms with E-state index in [1.54, 1.807) is 29.5 Å². The predicted octanol–water partition coefficient (Wildman–Crippen LogP) is 3.04. The van der Waals surface area contributed by atoms with Crippen LogP contribution in [0.15, 0.2) is 24.3 Å². The lowest BCUT2D eigenvalue weighted by molar-refractivity contribution is -0.120. The first kappa shape index (κ1) is 17.6. The van der Waals surface area contributed by atoms with E-state index in [0.717, 1.165) is 10.7 Å². The fourth-order valence-electron chi connectivity index (χ4n) is 2.01. The Kier molecular flexibility index (Phi) is 5.49. The summed E-state index contributed by atoms with van der Waals surface area (Å²) in [5.41, 5.74) is 1.11. The number of thiazole rings is 1. The van der Waals surface area contributed by atoms with Gasteiger partial charge in [0.25, 0.3) is 0 Å². The quantitative estimate of drug-likeness (QED) is 0.853. The second kappa shape index (κ2) is 7.19. The molecule has 0 spiro atoms. The van der Waals surface area contributed by atoms with E-state index in [0.29, 0.717) is 5.56 Å². The van der Waals surface area contributed by atoms with Gasteiger partial charge in [-0.2, -0.15) is 0 Å². The van der Waals surface area contributed by atoms with Crippen molar-refractivity contribution in [3.05, 3.63) is 51.2 Å². The summed E-state index contributed by atoms with van der Waals surface area (Å²) >= 11 is 1.63. The molecule has 0 radical (unpaired) electrons. The smallest absolute Gasteiger partial charge is 0.234 e. The number of amides is 1. The summed E-state index contributed by atoms with van der Waals surface area (Å²) in [6.45, 7) is 8.34. The Morgan fingerprint density at radius 1 is 1.30 bits per heavy atom. The Labute approximate surface area is 140 Å². The summed E-state index contributed by atoms with van der Waals surface area (Å²) < 4.78 is 13.5. The fourth-order valence-corrected chi connectivity index (χ4v) is 3.01. The number of aromatic nitrogens is 1. The first-order chi connectivity index (χ1) is 10.8. The Balaban J connectivity index is 1.87. The van der Waals surface area contributed by atoms with Crippen molar-refractivity contribution in [3.8, 4) is 0 Å². The molecule has 1 amide bonds. The van der Waals surface area contributed by atoms with Crippen LogP contribution in [0.1, 0.15) is 35.0 Å². The first-order valence-electron chi connectivity index (χ1n) is 7.49. The van der Waals surface area contributed by atoms with E-state index in [1.807, 2.05) is 27.7 Å². The van der Waals surface area contributed by atoms with Crippen LogP contribution in [0.2, 0.25) is 0 Å². The minimum atomic E-state index is -0.390. The van der Waals surface area contributed by atoms with Gasteiger partial charge in [0.1, 0.15) is 10.8 Å². The van der Waals surface area contributed by atoms with Crippen LogP contribution in [0.3, 0.4) is 0 Å². The van der Waals surface area contributed by atoms with E-state index in [9.17, 15) is 9.18 Å². The molecule has 2 rings (SSSR count). The number of rotatable bonds is 6. The number of carbonyl (C=O) groups is 1. The largest absolute Gasteiger partial charge is 0.351 e. The van der Waals surface area contributed by atoms with Crippen LogP contribution >= 0.6 is 11.3 Å². The monoisotopic (exact) mass is 335 g/mol. The predicted molar refractivity (Wildman–Crippen MR) is 90.9 cm³/mol. The molecule has 0 atom stereocenters. The highest BCUT2D eigenvalue weighted by Crippen LogP contribution is 2.26. The van der Waals surface area contributed by atoms with Gasteiger partial charge in [-0.15, -0.1) is 11.3 Å². The third-order valence-electron chi connectivity index (χ3n) is 3.69. The lowest BCUT2D eigenvalue weighted by atomic mass is 10.1. The van der Waals surface area contributed by atoms with Gasteiger partial charge < -0.3 is 5.32 Å². The first-order valence-corrected chi connectivity index (χ1v) is 8.31. The van der Waals surface area contributed by atoms with Crippen molar-refractivity contribution in [2.24, 2.45) is 0 Å². The molecule has 1 heterocycles. The number of nitrogens with zero attached hydrogens (tertiary/aromatic N) is 1. The topological polar surface area (TPSA) is 54.0 Å². The SMILES string of the molecule is Cc1nc(C(C)(C)NCC(=O)NCc2ccccc2F)sc1C. The van der Waals surface area contributed by atoms with Crippen molar-refractivity contribution in [1.29, 1.82) is 0 Å². The summed E-state index contributed by atoms with van der Waals surface area (Å²) in [7, 11) is 0. The van der Waals surface area contributed by atoms with Crippen molar-refractivity contribution < 1.29 is 9.18 Å². The summed E-state index contributed by atoms with van der Waals surface area (Å²) in [5, 5.41) is 6.88. The maximum Gasteiger partial charge on any atom is 0.234 e. The highest BCUT2D eigenvalue weighted by atomic mass is 32.1.